The molecule has 1 saturated carbocycles. The Kier molecular flexibility index (Phi) is 5.66. The van der Waals surface area contributed by atoms with Crippen LogP contribution in [-0.2, 0) is 9.84 Å². The first kappa shape index (κ1) is 15.3. The largest absolute Gasteiger partial charge is 0.312 e. The molecule has 19 heavy (non-hydrogen) atoms. The second kappa shape index (κ2) is 7.04. The predicted octanol–water partition coefficient (Wildman–Crippen LogP) is 1.42. The monoisotopic (exact) mass is 288 g/mol. The smallest absolute Gasteiger partial charge is 0.150 e. The summed E-state index contributed by atoms with van der Waals surface area (Å²) in [6, 6.07) is 1.39. The molecule has 2 aliphatic rings. The van der Waals surface area contributed by atoms with Gasteiger partial charge in [-0.25, -0.2) is 8.42 Å². The Labute approximate surface area is 117 Å². The summed E-state index contributed by atoms with van der Waals surface area (Å²) in [5.74, 6) is 0.627. The first-order valence-electron chi connectivity index (χ1n) is 7.78. The SMILES string of the molecule is CCS(=O)(=O)CCCN1CCCCC1CNC1CC1. The average Bonchev–Trinajstić information content (AvgIpc) is 3.21. The highest BCUT2D eigenvalue weighted by atomic mass is 32.2. The lowest BCUT2D eigenvalue weighted by atomic mass is 10.0. The molecule has 0 aromatic carbocycles. The van der Waals surface area contributed by atoms with Crippen molar-refractivity contribution in [3.63, 3.8) is 0 Å². The van der Waals surface area contributed by atoms with Gasteiger partial charge in [0.2, 0.25) is 0 Å². The van der Waals surface area contributed by atoms with E-state index in [2.05, 4.69) is 10.2 Å². The number of rotatable bonds is 8. The van der Waals surface area contributed by atoms with E-state index in [0.29, 0.717) is 11.8 Å². The van der Waals surface area contributed by atoms with Crippen molar-refractivity contribution in [2.24, 2.45) is 0 Å². The van der Waals surface area contributed by atoms with Crippen LogP contribution in [0.15, 0.2) is 0 Å². The molecule has 0 spiro atoms. The van der Waals surface area contributed by atoms with Gasteiger partial charge in [-0.1, -0.05) is 13.3 Å². The van der Waals surface area contributed by atoms with Crippen LogP contribution < -0.4 is 5.32 Å². The third-order valence-corrected chi connectivity index (χ3v) is 6.10. The number of sulfone groups is 1. The van der Waals surface area contributed by atoms with Crippen molar-refractivity contribution in [2.75, 3.05) is 31.1 Å². The molecular weight excluding hydrogens is 260 g/mol. The number of nitrogens with zero attached hydrogens (tertiary/aromatic N) is 1. The van der Waals surface area contributed by atoms with Crippen molar-refractivity contribution in [1.29, 1.82) is 0 Å². The van der Waals surface area contributed by atoms with Crippen LogP contribution in [-0.4, -0.2) is 56.5 Å². The van der Waals surface area contributed by atoms with E-state index in [0.717, 1.165) is 32.1 Å². The lowest BCUT2D eigenvalue weighted by molar-refractivity contribution is 0.145. The lowest BCUT2D eigenvalue weighted by Crippen LogP contribution is -2.46. The number of likely N-dealkylation sites (tertiary alicyclic amines) is 1. The van der Waals surface area contributed by atoms with Gasteiger partial charge in [0.25, 0.3) is 0 Å². The minimum Gasteiger partial charge on any atom is -0.312 e. The molecule has 112 valence electrons. The molecule has 0 amide bonds. The molecule has 4 nitrogen and oxygen atoms in total. The Hall–Kier alpha value is -0.130. The molecule has 1 N–H and O–H groups in total. The van der Waals surface area contributed by atoms with Crippen LogP contribution in [0.1, 0.15) is 45.4 Å². The molecule has 1 atom stereocenters. The van der Waals surface area contributed by atoms with Crippen molar-refractivity contribution >= 4 is 9.84 Å². The maximum Gasteiger partial charge on any atom is 0.150 e. The van der Waals surface area contributed by atoms with Crippen LogP contribution in [0.3, 0.4) is 0 Å². The van der Waals surface area contributed by atoms with Gasteiger partial charge >= 0.3 is 0 Å². The Morgan fingerprint density at radius 2 is 2.00 bits per heavy atom. The third-order valence-electron chi connectivity index (χ3n) is 4.31. The third kappa shape index (κ3) is 5.40. The van der Waals surface area contributed by atoms with Gasteiger partial charge in [0.1, 0.15) is 9.84 Å². The molecule has 0 radical (unpaired) electrons. The van der Waals surface area contributed by atoms with E-state index in [9.17, 15) is 8.42 Å². The fraction of sp³-hybridized carbons (Fsp3) is 1.00. The molecule has 0 aromatic heterocycles. The van der Waals surface area contributed by atoms with E-state index in [1.807, 2.05) is 0 Å². The molecular formula is C14H28N2O2S. The van der Waals surface area contributed by atoms with Gasteiger partial charge in [0, 0.05) is 24.4 Å². The molecule has 1 unspecified atom stereocenters. The van der Waals surface area contributed by atoms with Crippen LogP contribution in [0.25, 0.3) is 0 Å². The normalized spacial score (nSPS) is 25.6. The highest BCUT2D eigenvalue weighted by molar-refractivity contribution is 7.91. The van der Waals surface area contributed by atoms with Crippen molar-refractivity contribution < 1.29 is 8.42 Å². The quantitative estimate of drug-likeness (QED) is 0.734. The fourth-order valence-electron chi connectivity index (χ4n) is 2.81. The van der Waals surface area contributed by atoms with Crippen molar-refractivity contribution in [3.8, 4) is 0 Å². The highest BCUT2D eigenvalue weighted by Gasteiger charge is 2.26. The molecule has 2 rings (SSSR count). The molecule has 0 bridgehead atoms. The molecule has 5 heteroatoms. The van der Waals surface area contributed by atoms with Crippen LogP contribution in [0, 0.1) is 0 Å². The van der Waals surface area contributed by atoms with E-state index >= 15 is 0 Å². The minimum atomic E-state index is -2.80. The van der Waals surface area contributed by atoms with Gasteiger partial charge in [-0.15, -0.1) is 0 Å². The van der Waals surface area contributed by atoms with Crippen molar-refractivity contribution in [2.45, 2.75) is 57.5 Å². The summed E-state index contributed by atoms with van der Waals surface area (Å²) in [4.78, 5) is 2.50. The molecule has 2 fully saturated rings. The van der Waals surface area contributed by atoms with Crippen LogP contribution in [0.5, 0.6) is 0 Å². The fourth-order valence-corrected chi connectivity index (χ4v) is 3.67. The zero-order valence-corrected chi connectivity index (χ0v) is 12.9. The average molecular weight is 288 g/mol. The van der Waals surface area contributed by atoms with E-state index < -0.39 is 9.84 Å². The predicted molar refractivity (Wildman–Crippen MR) is 79.2 cm³/mol. The zero-order valence-electron chi connectivity index (χ0n) is 12.1. The summed E-state index contributed by atoms with van der Waals surface area (Å²) >= 11 is 0. The van der Waals surface area contributed by atoms with E-state index in [-0.39, 0.29) is 5.75 Å². The molecule has 1 heterocycles. The van der Waals surface area contributed by atoms with Crippen LogP contribution >= 0.6 is 0 Å². The van der Waals surface area contributed by atoms with E-state index in [1.165, 1.54) is 32.1 Å². The van der Waals surface area contributed by atoms with Crippen LogP contribution in [0.2, 0.25) is 0 Å². The number of nitrogens with one attached hydrogen (secondary N) is 1. The second-order valence-electron chi connectivity index (χ2n) is 5.96. The summed E-state index contributed by atoms with van der Waals surface area (Å²) in [5.41, 5.74) is 0. The molecule has 1 aliphatic heterocycles. The summed E-state index contributed by atoms with van der Waals surface area (Å²) < 4.78 is 23.0. The second-order valence-corrected chi connectivity index (χ2v) is 8.43. The zero-order chi connectivity index (χ0) is 13.7. The van der Waals surface area contributed by atoms with Crippen molar-refractivity contribution in [1.82, 2.24) is 10.2 Å². The van der Waals surface area contributed by atoms with Gasteiger partial charge in [-0.2, -0.15) is 0 Å². The summed E-state index contributed by atoms with van der Waals surface area (Å²) in [5, 5.41) is 3.61. The van der Waals surface area contributed by atoms with Crippen molar-refractivity contribution in [3.05, 3.63) is 0 Å². The van der Waals surface area contributed by atoms with Gasteiger partial charge in [-0.05, 0) is 45.2 Å². The van der Waals surface area contributed by atoms with Gasteiger partial charge in [0.15, 0.2) is 0 Å². The lowest BCUT2D eigenvalue weighted by Gasteiger charge is -2.36. The molecule has 0 aromatic rings. The topological polar surface area (TPSA) is 49.4 Å². The Bertz CT molecular complexity index is 366. The Morgan fingerprint density at radius 3 is 2.68 bits per heavy atom. The highest BCUT2D eigenvalue weighted by Crippen LogP contribution is 2.21. The van der Waals surface area contributed by atoms with Gasteiger partial charge in [0.05, 0.1) is 5.75 Å². The van der Waals surface area contributed by atoms with E-state index in [1.54, 1.807) is 6.92 Å². The summed E-state index contributed by atoms with van der Waals surface area (Å²) in [6.07, 6.45) is 7.31. The Morgan fingerprint density at radius 1 is 1.21 bits per heavy atom. The first-order valence-corrected chi connectivity index (χ1v) is 9.61. The number of piperidine rings is 1. The number of hydrogen-bond acceptors (Lipinski definition) is 4. The maximum atomic E-state index is 11.5. The van der Waals surface area contributed by atoms with E-state index in [4.69, 9.17) is 0 Å². The minimum absolute atomic E-state index is 0.277. The summed E-state index contributed by atoms with van der Waals surface area (Å²) in [7, 11) is -2.80. The number of hydrogen-bond donors (Lipinski definition) is 1. The van der Waals surface area contributed by atoms with Gasteiger partial charge in [-0.3, -0.25) is 4.90 Å². The van der Waals surface area contributed by atoms with Crippen LogP contribution in [0.4, 0.5) is 0 Å². The molecule has 1 aliphatic carbocycles. The Balaban J connectivity index is 1.71. The molecule has 1 saturated heterocycles. The van der Waals surface area contributed by atoms with Gasteiger partial charge < -0.3 is 5.32 Å². The standard InChI is InChI=1S/C14H28N2O2S/c1-2-19(17,18)11-5-10-16-9-4-3-6-14(16)12-15-13-7-8-13/h13-15H,2-12H2,1H3. The summed E-state index contributed by atoms with van der Waals surface area (Å²) in [6.45, 7) is 4.91. The maximum absolute atomic E-state index is 11.5. The first-order chi connectivity index (χ1) is 9.11.